The Balaban J connectivity index is 1.88. The van der Waals surface area contributed by atoms with Crippen molar-refractivity contribution in [2.24, 2.45) is 0 Å². The van der Waals surface area contributed by atoms with Crippen LogP contribution in [0.4, 0.5) is 5.69 Å². The Labute approximate surface area is 128 Å². The maximum atomic E-state index is 11.4. The molecule has 4 nitrogen and oxygen atoms in total. The van der Waals surface area contributed by atoms with Gasteiger partial charge in [-0.3, -0.25) is 4.79 Å². The number of fused-ring (bicyclic) bond motifs is 1. The van der Waals surface area contributed by atoms with E-state index >= 15 is 0 Å². The maximum absolute atomic E-state index is 11.4. The van der Waals surface area contributed by atoms with E-state index < -0.39 is 0 Å². The summed E-state index contributed by atoms with van der Waals surface area (Å²) < 4.78 is 5.24. The largest absolute Gasteiger partial charge is 0.495 e. The highest BCUT2D eigenvalue weighted by molar-refractivity contribution is 6.32. The van der Waals surface area contributed by atoms with Gasteiger partial charge in [0.2, 0.25) is 5.56 Å². The van der Waals surface area contributed by atoms with E-state index in [0.29, 0.717) is 10.8 Å². The summed E-state index contributed by atoms with van der Waals surface area (Å²) in [6.07, 6.45) is 3.01. The molecule has 2 aromatic rings. The smallest absolute Gasteiger partial charge is 0.248 e. The minimum Gasteiger partial charge on any atom is -0.495 e. The Kier molecular flexibility index (Phi) is 3.88. The van der Waals surface area contributed by atoms with Gasteiger partial charge < -0.3 is 15.0 Å². The maximum Gasteiger partial charge on any atom is 0.248 e. The number of nitrogens with one attached hydrogen (secondary N) is 2. The average molecular weight is 305 g/mol. The fraction of sp³-hybridized carbons (Fsp3) is 0.312. The van der Waals surface area contributed by atoms with Crippen LogP contribution >= 0.6 is 11.6 Å². The van der Waals surface area contributed by atoms with E-state index in [1.165, 1.54) is 0 Å². The van der Waals surface area contributed by atoms with Gasteiger partial charge >= 0.3 is 0 Å². The monoisotopic (exact) mass is 304 g/mol. The van der Waals surface area contributed by atoms with Crippen molar-refractivity contribution < 1.29 is 4.74 Å². The predicted octanol–water partition coefficient (Wildman–Crippen LogP) is 3.53. The molecule has 0 radical (unpaired) electrons. The quantitative estimate of drug-likeness (QED) is 0.912. The zero-order chi connectivity index (χ0) is 14.8. The zero-order valence-electron chi connectivity index (χ0n) is 11.8. The fourth-order valence-corrected chi connectivity index (χ4v) is 3.00. The summed E-state index contributed by atoms with van der Waals surface area (Å²) in [5.41, 5.74) is 3.12. The highest BCUT2D eigenvalue weighted by Gasteiger charge is 2.20. The summed E-state index contributed by atoms with van der Waals surface area (Å²) in [6, 6.07) is 9.34. The molecular weight excluding hydrogens is 288 g/mol. The summed E-state index contributed by atoms with van der Waals surface area (Å²) in [7, 11) is 1.60. The van der Waals surface area contributed by atoms with Crippen LogP contribution in [0.25, 0.3) is 0 Å². The number of hydrogen-bond acceptors (Lipinski definition) is 3. The van der Waals surface area contributed by atoms with Gasteiger partial charge in [-0.15, -0.1) is 0 Å². The lowest BCUT2D eigenvalue weighted by atomic mass is 9.91. The molecule has 1 aromatic carbocycles. The number of methoxy groups -OCH3 is 1. The van der Waals surface area contributed by atoms with Crippen molar-refractivity contribution in [1.29, 1.82) is 0 Å². The van der Waals surface area contributed by atoms with E-state index in [1.54, 1.807) is 13.2 Å². The van der Waals surface area contributed by atoms with Crippen molar-refractivity contribution in [3.8, 4) is 5.75 Å². The number of pyridine rings is 1. The summed E-state index contributed by atoms with van der Waals surface area (Å²) in [4.78, 5) is 14.4. The van der Waals surface area contributed by atoms with Gasteiger partial charge in [-0.25, -0.2) is 0 Å². The number of rotatable bonds is 3. The van der Waals surface area contributed by atoms with E-state index in [4.69, 9.17) is 16.3 Å². The minimum atomic E-state index is -0.0393. The SMILES string of the molecule is COc1cc(NC2CCCc3[nH]c(=O)ccc32)ccc1Cl. The van der Waals surface area contributed by atoms with Crippen LogP contribution in [-0.2, 0) is 6.42 Å². The number of aryl methyl sites for hydroxylation is 1. The van der Waals surface area contributed by atoms with Crippen molar-refractivity contribution in [2.45, 2.75) is 25.3 Å². The number of ether oxygens (including phenoxy) is 1. The van der Waals surface area contributed by atoms with Gasteiger partial charge in [-0.1, -0.05) is 11.6 Å². The number of aromatic amines is 1. The first-order valence-corrected chi connectivity index (χ1v) is 7.37. The fourth-order valence-electron chi connectivity index (χ4n) is 2.80. The van der Waals surface area contributed by atoms with E-state index in [9.17, 15) is 4.79 Å². The van der Waals surface area contributed by atoms with Gasteiger partial charge in [0, 0.05) is 23.5 Å². The van der Waals surface area contributed by atoms with E-state index in [0.717, 1.165) is 36.2 Å². The third-order valence-corrected chi connectivity index (χ3v) is 4.14. The molecule has 0 saturated carbocycles. The first-order chi connectivity index (χ1) is 10.2. The van der Waals surface area contributed by atoms with E-state index in [1.807, 2.05) is 24.3 Å². The molecule has 1 heterocycles. The third kappa shape index (κ3) is 2.90. The van der Waals surface area contributed by atoms with Crippen molar-refractivity contribution in [3.05, 3.63) is 57.0 Å². The van der Waals surface area contributed by atoms with Gasteiger partial charge in [-0.2, -0.15) is 0 Å². The van der Waals surface area contributed by atoms with Gasteiger partial charge in [-0.05, 0) is 43.0 Å². The second-order valence-corrected chi connectivity index (χ2v) is 5.60. The van der Waals surface area contributed by atoms with Crippen LogP contribution in [0.1, 0.15) is 30.1 Å². The van der Waals surface area contributed by atoms with Gasteiger partial charge in [0.1, 0.15) is 5.75 Å². The number of H-pyrrole nitrogens is 1. The van der Waals surface area contributed by atoms with Crippen LogP contribution in [0, 0.1) is 0 Å². The topological polar surface area (TPSA) is 54.1 Å². The Morgan fingerprint density at radius 3 is 3.00 bits per heavy atom. The molecule has 0 spiro atoms. The van der Waals surface area contributed by atoms with Crippen molar-refractivity contribution in [2.75, 3.05) is 12.4 Å². The molecule has 1 aliphatic carbocycles. The van der Waals surface area contributed by atoms with Gasteiger partial charge in [0.05, 0.1) is 18.2 Å². The number of benzene rings is 1. The number of halogens is 1. The highest BCUT2D eigenvalue weighted by atomic mass is 35.5. The standard InChI is InChI=1S/C16H17ClN2O2/c1-21-15-9-10(5-7-12(15)17)18-13-3-2-4-14-11(13)6-8-16(20)19-14/h5-9,13,18H,2-4H2,1H3,(H,19,20). The number of hydrogen-bond donors (Lipinski definition) is 2. The second kappa shape index (κ2) is 5.82. The molecule has 1 atom stereocenters. The Hall–Kier alpha value is -1.94. The highest BCUT2D eigenvalue weighted by Crippen LogP contribution is 2.33. The Bertz CT molecular complexity index is 712. The summed E-state index contributed by atoms with van der Waals surface area (Å²) in [5, 5.41) is 4.09. The van der Waals surface area contributed by atoms with Crippen molar-refractivity contribution >= 4 is 17.3 Å². The lowest BCUT2D eigenvalue weighted by Crippen LogP contribution is -2.21. The molecule has 3 rings (SSSR count). The Morgan fingerprint density at radius 1 is 1.33 bits per heavy atom. The number of anilines is 1. The Morgan fingerprint density at radius 2 is 2.19 bits per heavy atom. The molecule has 2 N–H and O–H groups in total. The molecule has 110 valence electrons. The van der Waals surface area contributed by atoms with Gasteiger partial charge in [0.25, 0.3) is 0 Å². The lowest BCUT2D eigenvalue weighted by Gasteiger charge is -2.27. The molecule has 0 bridgehead atoms. The first kappa shape index (κ1) is 14.0. The van der Waals surface area contributed by atoms with Crippen LogP contribution in [0.3, 0.4) is 0 Å². The molecule has 0 aliphatic heterocycles. The predicted molar refractivity (Wildman–Crippen MR) is 84.4 cm³/mol. The molecule has 1 unspecified atom stereocenters. The van der Waals surface area contributed by atoms with Crippen LogP contribution in [-0.4, -0.2) is 12.1 Å². The molecule has 5 heteroatoms. The van der Waals surface area contributed by atoms with Crippen LogP contribution in [0.5, 0.6) is 5.75 Å². The third-order valence-electron chi connectivity index (χ3n) is 3.82. The van der Waals surface area contributed by atoms with Gasteiger partial charge in [0.15, 0.2) is 0 Å². The van der Waals surface area contributed by atoms with Crippen LogP contribution in [0.2, 0.25) is 5.02 Å². The van der Waals surface area contributed by atoms with Crippen molar-refractivity contribution in [1.82, 2.24) is 4.98 Å². The van der Waals surface area contributed by atoms with E-state index in [-0.39, 0.29) is 11.6 Å². The molecular formula is C16H17ClN2O2. The summed E-state index contributed by atoms with van der Waals surface area (Å²) in [6.45, 7) is 0. The van der Waals surface area contributed by atoms with Crippen LogP contribution < -0.4 is 15.6 Å². The number of aromatic nitrogens is 1. The van der Waals surface area contributed by atoms with E-state index in [2.05, 4.69) is 10.3 Å². The second-order valence-electron chi connectivity index (χ2n) is 5.19. The zero-order valence-corrected chi connectivity index (χ0v) is 12.5. The van der Waals surface area contributed by atoms with Crippen LogP contribution in [0.15, 0.2) is 35.1 Å². The normalized spacial score (nSPS) is 17.1. The lowest BCUT2D eigenvalue weighted by molar-refractivity contribution is 0.415. The molecule has 0 saturated heterocycles. The molecule has 1 aliphatic rings. The first-order valence-electron chi connectivity index (χ1n) is 6.99. The summed E-state index contributed by atoms with van der Waals surface area (Å²) >= 11 is 6.05. The average Bonchev–Trinajstić information content (AvgIpc) is 2.49. The molecule has 21 heavy (non-hydrogen) atoms. The molecule has 0 fully saturated rings. The summed E-state index contributed by atoms with van der Waals surface area (Å²) in [5.74, 6) is 0.652. The minimum absolute atomic E-state index is 0.0393. The van der Waals surface area contributed by atoms with Crippen molar-refractivity contribution in [3.63, 3.8) is 0 Å². The molecule has 0 amide bonds. The molecule has 1 aromatic heterocycles.